The van der Waals surface area contributed by atoms with Gasteiger partial charge in [-0.25, -0.2) is 4.98 Å². The molecule has 0 aliphatic heterocycles. The van der Waals surface area contributed by atoms with E-state index in [1.807, 2.05) is 29.0 Å². The largest absolute Gasteiger partial charge is 0.354 e. The minimum Gasteiger partial charge on any atom is -0.354 e. The summed E-state index contributed by atoms with van der Waals surface area (Å²) in [5.41, 5.74) is 0.985. The molecule has 0 saturated carbocycles. The third kappa shape index (κ3) is 3.91. The van der Waals surface area contributed by atoms with Crippen molar-refractivity contribution in [1.82, 2.24) is 19.9 Å². The van der Waals surface area contributed by atoms with Crippen molar-refractivity contribution in [2.75, 3.05) is 6.54 Å². The second-order valence-corrected chi connectivity index (χ2v) is 4.99. The van der Waals surface area contributed by atoms with Crippen LogP contribution >= 0.6 is 0 Å². The molecule has 0 saturated heterocycles. The summed E-state index contributed by atoms with van der Waals surface area (Å²) in [6.07, 6.45) is 6.08. The molecule has 2 heterocycles. The first-order valence-corrected chi connectivity index (χ1v) is 6.84. The fourth-order valence-electron chi connectivity index (χ4n) is 2.04. The predicted octanol–water partition coefficient (Wildman–Crippen LogP) is 1.76. The van der Waals surface area contributed by atoms with Crippen LogP contribution in [0.1, 0.15) is 31.3 Å². The summed E-state index contributed by atoms with van der Waals surface area (Å²) in [5.74, 6) is 1.25. The van der Waals surface area contributed by atoms with Crippen LogP contribution in [0.15, 0.2) is 36.8 Å². The third-order valence-corrected chi connectivity index (χ3v) is 3.01. The van der Waals surface area contributed by atoms with Gasteiger partial charge in [0, 0.05) is 43.2 Å². The van der Waals surface area contributed by atoms with Crippen molar-refractivity contribution in [3.63, 3.8) is 0 Å². The summed E-state index contributed by atoms with van der Waals surface area (Å²) in [4.78, 5) is 20.4. The Morgan fingerprint density at radius 2 is 2.15 bits per heavy atom. The summed E-state index contributed by atoms with van der Waals surface area (Å²) in [5, 5.41) is 2.91. The van der Waals surface area contributed by atoms with E-state index in [1.54, 1.807) is 12.4 Å². The quantitative estimate of drug-likeness (QED) is 0.871. The number of carbonyl (C=O) groups excluding carboxylic acids is 1. The number of hydrogen-bond acceptors (Lipinski definition) is 3. The molecule has 0 atom stereocenters. The number of aromatic nitrogens is 3. The molecule has 1 amide bonds. The Kier molecular flexibility index (Phi) is 4.87. The lowest BCUT2D eigenvalue weighted by molar-refractivity contribution is -0.121. The van der Waals surface area contributed by atoms with Crippen molar-refractivity contribution in [1.29, 1.82) is 0 Å². The molecular weight excluding hydrogens is 252 g/mol. The topological polar surface area (TPSA) is 59.8 Å². The zero-order valence-corrected chi connectivity index (χ0v) is 11.9. The van der Waals surface area contributed by atoms with E-state index in [0.717, 1.165) is 17.9 Å². The van der Waals surface area contributed by atoms with E-state index in [-0.39, 0.29) is 5.91 Å². The first-order chi connectivity index (χ1) is 9.66. The SMILES string of the molecule is CC(C)c1nccn1CC(=O)NCCc1ccccn1. The Bertz CT molecular complexity index is 548. The Hall–Kier alpha value is -2.17. The smallest absolute Gasteiger partial charge is 0.239 e. The van der Waals surface area contributed by atoms with E-state index in [4.69, 9.17) is 0 Å². The van der Waals surface area contributed by atoms with Gasteiger partial charge in [0.1, 0.15) is 12.4 Å². The number of nitrogens with zero attached hydrogens (tertiary/aromatic N) is 3. The van der Waals surface area contributed by atoms with Crippen LogP contribution < -0.4 is 5.32 Å². The van der Waals surface area contributed by atoms with E-state index in [1.165, 1.54) is 0 Å². The molecule has 2 aromatic rings. The summed E-state index contributed by atoms with van der Waals surface area (Å²) in [6, 6.07) is 5.79. The zero-order chi connectivity index (χ0) is 14.4. The zero-order valence-electron chi connectivity index (χ0n) is 11.9. The van der Waals surface area contributed by atoms with Gasteiger partial charge in [-0.3, -0.25) is 9.78 Å². The highest BCUT2D eigenvalue weighted by Gasteiger charge is 2.10. The second kappa shape index (κ2) is 6.84. The number of nitrogens with one attached hydrogen (secondary N) is 1. The highest BCUT2D eigenvalue weighted by molar-refractivity contribution is 5.75. The van der Waals surface area contributed by atoms with Gasteiger partial charge >= 0.3 is 0 Å². The Morgan fingerprint density at radius 3 is 2.85 bits per heavy atom. The predicted molar refractivity (Wildman–Crippen MR) is 77.3 cm³/mol. The van der Waals surface area contributed by atoms with Gasteiger partial charge < -0.3 is 9.88 Å². The van der Waals surface area contributed by atoms with Crippen molar-refractivity contribution in [3.8, 4) is 0 Å². The number of carbonyl (C=O) groups is 1. The maximum Gasteiger partial charge on any atom is 0.239 e. The molecule has 2 aromatic heterocycles. The van der Waals surface area contributed by atoms with Crippen molar-refractivity contribution in [2.24, 2.45) is 0 Å². The molecule has 0 aliphatic rings. The van der Waals surface area contributed by atoms with Crippen molar-refractivity contribution in [2.45, 2.75) is 32.7 Å². The highest BCUT2D eigenvalue weighted by atomic mass is 16.1. The van der Waals surface area contributed by atoms with Crippen molar-refractivity contribution >= 4 is 5.91 Å². The Morgan fingerprint density at radius 1 is 1.30 bits per heavy atom. The lowest BCUT2D eigenvalue weighted by Crippen LogP contribution is -2.30. The number of amides is 1. The van der Waals surface area contributed by atoms with Gasteiger partial charge in [-0.2, -0.15) is 0 Å². The maximum absolute atomic E-state index is 11.9. The molecule has 0 radical (unpaired) electrons. The van der Waals surface area contributed by atoms with Gasteiger partial charge in [-0.1, -0.05) is 19.9 Å². The van der Waals surface area contributed by atoms with Crippen LogP contribution in [0.5, 0.6) is 0 Å². The molecule has 2 rings (SSSR count). The molecule has 5 nitrogen and oxygen atoms in total. The molecule has 20 heavy (non-hydrogen) atoms. The normalized spacial score (nSPS) is 10.8. The molecule has 1 N–H and O–H groups in total. The van der Waals surface area contributed by atoms with Crippen LogP contribution in [0.4, 0.5) is 0 Å². The fraction of sp³-hybridized carbons (Fsp3) is 0.400. The van der Waals surface area contributed by atoms with E-state index >= 15 is 0 Å². The van der Waals surface area contributed by atoms with Gasteiger partial charge in [0.25, 0.3) is 0 Å². The monoisotopic (exact) mass is 272 g/mol. The molecular formula is C15H20N4O. The molecule has 0 aromatic carbocycles. The number of rotatable bonds is 6. The first kappa shape index (κ1) is 14.2. The van der Waals surface area contributed by atoms with Gasteiger partial charge in [0.15, 0.2) is 0 Å². The Balaban J connectivity index is 1.79. The molecule has 0 fully saturated rings. The fourth-order valence-corrected chi connectivity index (χ4v) is 2.04. The Labute approximate surface area is 119 Å². The van der Waals surface area contributed by atoms with E-state index in [9.17, 15) is 4.79 Å². The highest BCUT2D eigenvalue weighted by Crippen LogP contribution is 2.11. The minimum atomic E-state index is 0.000770. The van der Waals surface area contributed by atoms with Gasteiger partial charge in [-0.05, 0) is 12.1 Å². The summed E-state index contributed by atoms with van der Waals surface area (Å²) in [6.45, 7) is 5.05. The third-order valence-electron chi connectivity index (χ3n) is 3.01. The molecule has 5 heteroatoms. The van der Waals surface area contributed by atoms with Crippen LogP contribution in [0.3, 0.4) is 0 Å². The van der Waals surface area contributed by atoms with Crippen LogP contribution in [0, 0.1) is 0 Å². The van der Waals surface area contributed by atoms with Crippen molar-refractivity contribution < 1.29 is 4.79 Å². The van der Waals surface area contributed by atoms with Gasteiger partial charge in [0.05, 0.1) is 0 Å². The van der Waals surface area contributed by atoms with E-state index in [2.05, 4.69) is 29.1 Å². The summed E-state index contributed by atoms with van der Waals surface area (Å²) < 4.78 is 1.89. The summed E-state index contributed by atoms with van der Waals surface area (Å²) >= 11 is 0. The van der Waals surface area contributed by atoms with Gasteiger partial charge in [0.2, 0.25) is 5.91 Å². The maximum atomic E-state index is 11.9. The average Bonchev–Trinajstić information content (AvgIpc) is 2.88. The van der Waals surface area contributed by atoms with Crippen molar-refractivity contribution in [3.05, 3.63) is 48.3 Å². The lowest BCUT2D eigenvalue weighted by Gasteiger charge is -2.10. The minimum absolute atomic E-state index is 0.000770. The van der Waals surface area contributed by atoms with Crippen LogP contribution in [-0.4, -0.2) is 27.0 Å². The lowest BCUT2D eigenvalue weighted by atomic mass is 10.2. The number of pyridine rings is 1. The molecule has 106 valence electrons. The molecule has 0 bridgehead atoms. The molecule has 0 aliphatic carbocycles. The average molecular weight is 272 g/mol. The standard InChI is InChI=1S/C15H20N4O/c1-12(2)15-18-9-10-19(15)11-14(20)17-8-6-13-5-3-4-7-16-13/h3-5,7,9-10,12H,6,8,11H2,1-2H3,(H,17,20). The van der Waals surface area contributed by atoms with E-state index in [0.29, 0.717) is 19.0 Å². The summed E-state index contributed by atoms with van der Waals surface area (Å²) in [7, 11) is 0. The van der Waals surface area contributed by atoms with Crippen LogP contribution in [0.2, 0.25) is 0 Å². The number of hydrogen-bond donors (Lipinski definition) is 1. The van der Waals surface area contributed by atoms with Gasteiger partial charge in [-0.15, -0.1) is 0 Å². The first-order valence-electron chi connectivity index (χ1n) is 6.84. The van der Waals surface area contributed by atoms with Crippen LogP contribution in [-0.2, 0) is 17.8 Å². The number of imidazole rings is 1. The second-order valence-electron chi connectivity index (χ2n) is 4.99. The molecule has 0 unspecified atom stereocenters. The van der Waals surface area contributed by atoms with E-state index < -0.39 is 0 Å². The molecule has 0 spiro atoms. The van der Waals surface area contributed by atoms with Crippen LogP contribution in [0.25, 0.3) is 0 Å².